The maximum atomic E-state index is 13.6. The normalized spacial score (nSPS) is 20.8. The first-order valence-electron chi connectivity index (χ1n) is 7.36. The lowest BCUT2D eigenvalue weighted by Crippen LogP contribution is -2.50. The standard InChI is InChI=1S/C16H23FN2O3/c1-16(2,3)22-15(20)19-12-7-11(8-12)18-10-5-6-14(21-4)13(17)9-10/h5-6,9,11-12,18H,7-8H2,1-4H3,(H,19,20). The highest BCUT2D eigenvalue weighted by atomic mass is 19.1. The van der Waals surface area contributed by atoms with E-state index in [0.29, 0.717) is 5.69 Å². The van der Waals surface area contributed by atoms with Crippen LogP contribution in [-0.4, -0.2) is 30.9 Å². The molecule has 0 aromatic heterocycles. The van der Waals surface area contributed by atoms with Gasteiger partial charge in [0, 0.05) is 23.8 Å². The van der Waals surface area contributed by atoms with Gasteiger partial charge in [-0.05, 0) is 45.7 Å². The van der Waals surface area contributed by atoms with Crippen LogP contribution in [0.1, 0.15) is 33.6 Å². The molecule has 0 heterocycles. The number of carbonyl (C=O) groups excluding carboxylic acids is 1. The Morgan fingerprint density at radius 2 is 1.95 bits per heavy atom. The lowest BCUT2D eigenvalue weighted by atomic mass is 9.86. The van der Waals surface area contributed by atoms with Gasteiger partial charge in [0.2, 0.25) is 0 Å². The number of anilines is 1. The van der Waals surface area contributed by atoms with E-state index in [4.69, 9.17) is 9.47 Å². The Balaban J connectivity index is 1.75. The van der Waals surface area contributed by atoms with Gasteiger partial charge in [-0.2, -0.15) is 0 Å². The molecular formula is C16H23FN2O3. The van der Waals surface area contributed by atoms with Crippen LogP contribution in [0.15, 0.2) is 18.2 Å². The summed E-state index contributed by atoms with van der Waals surface area (Å²) in [6, 6.07) is 5.08. The van der Waals surface area contributed by atoms with Crippen molar-refractivity contribution in [3.63, 3.8) is 0 Å². The zero-order valence-corrected chi connectivity index (χ0v) is 13.4. The summed E-state index contributed by atoms with van der Waals surface area (Å²) >= 11 is 0. The number of alkyl carbamates (subject to hydrolysis) is 1. The van der Waals surface area contributed by atoms with Crippen molar-refractivity contribution in [2.24, 2.45) is 0 Å². The maximum absolute atomic E-state index is 13.6. The van der Waals surface area contributed by atoms with E-state index in [1.54, 1.807) is 12.1 Å². The number of halogens is 1. The maximum Gasteiger partial charge on any atom is 0.407 e. The van der Waals surface area contributed by atoms with Crippen molar-refractivity contribution in [2.45, 2.75) is 51.3 Å². The molecule has 1 fully saturated rings. The van der Waals surface area contributed by atoms with Crippen LogP contribution in [0.5, 0.6) is 5.75 Å². The highest BCUT2D eigenvalue weighted by molar-refractivity contribution is 5.68. The van der Waals surface area contributed by atoms with Gasteiger partial charge < -0.3 is 20.1 Å². The zero-order chi connectivity index (χ0) is 16.3. The molecule has 0 atom stereocenters. The van der Waals surface area contributed by atoms with Gasteiger partial charge in [0.1, 0.15) is 5.60 Å². The monoisotopic (exact) mass is 310 g/mol. The lowest BCUT2D eigenvalue weighted by molar-refractivity contribution is 0.0475. The molecule has 6 heteroatoms. The topological polar surface area (TPSA) is 59.6 Å². The minimum atomic E-state index is -0.494. The fraction of sp³-hybridized carbons (Fsp3) is 0.562. The highest BCUT2D eigenvalue weighted by Crippen LogP contribution is 2.27. The minimum absolute atomic E-state index is 0.0930. The summed E-state index contributed by atoms with van der Waals surface area (Å²) in [5, 5.41) is 6.06. The molecule has 0 spiro atoms. The predicted molar refractivity (Wildman–Crippen MR) is 82.8 cm³/mol. The molecule has 0 aliphatic heterocycles. The molecule has 1 aromatic rings. The van der Waals surface area contributed by atoms with Gasteiger partial charge in [0.25, 0.3) is 0 Å². The van der Waals surface area contributed by atoms with E-state index in [2.05, 4.69) is 10.6 Å². The third kappa shape index (κ3) is 4.51. The Bertz CT molecular complexity index is 537. The molecule has 1 aliphatic rings. The Morgan fingerprint density at radius 1 is 1.27 bits per heavy atom. The first-order chi connectivity index (χ1) is 10.3. The van der Waals surface area contributed by atoms with E-state index in [1.165, 1.54) is 13.2 Å². The summed E-state index contributed by atoms with van der Waals surface area (Å²) in [5.41, 5.74) is 0.213. The van der Waals surface area contributed by atoms with Crippen molar-refractivity contribution in [1.29, 1.82) is 0 Å². The Labute approximate surface area is 130 Å². The van der Waals surface area contributed by atoms with Gasteiger partial charge in [-0.3, -0.25) is 0 Å². The molecule has 22 heavy (non-hydrogen) atoms. The van der Waals surface area contributed by atoms with Crippen molar-refractivity contribution in [3.05, 3.63) is 24.0 Å². The number of nitrogens with one attached hydrogen (secondary N) is 2. The van der Waals surface area contributed by atoms with Gasteiger partial charge in [-0.25, -0.2) is 9.18 Å². The van der Waals surface area contributed by atoms with Crippen LogP contribution in [0.2, 0.25) is 0 Å². The smallest absolute Gasteiger partial charge is 0.407 e. The first-order valence-corrected chi connectivity index (χ1v) is 7.36. The van der Waals surface area contributed by atoms with Gasteiger partial charge in [-0.1, -0.05) is 0 Å². The van der Waals surface area contributed by atoms with Crippen molar-refractivity contribution in [1.82, 2.24) is 5.32 Å². The third-order valence-electron chi connectivity index (χ3n) is 3.38. The first kappa shape index (κ1) is 16.4. The summed E-state index contributed by atoms with van der Waals surface area (Å²) in [4.78, 5) is 11.6. The van der Waals surface area contributed by atoms with E-state index < -0.39 is 17.5 Å². The third-order valence-corrected chi connectivity index (χ3v) is 3.38. The largest absolute Gasteiger partial charge is 0.494 e. The van der Waals surface area contributed by atoms with E-state index in [0.717, 1.165) is 12.8 Å². The number of carbonyl (C=O) groups is 1. The van der Waals surface area contributed by atoms with Crippen LogP contribution >= 0.6 is 0 Å². The average molecular weight is 310 g/mol. The minimum Gasteiger partial charge on any atom is -0.494 e. The van der Waals surface area contributed by atoms with Crippen LogP contribution in [-0.2, 0) is 4.74 Å². The summed E-state index contributed by atoms with van der Waals surface area (Å²) in [6.45, 7) is 5.49. The van der Waals surface area contributed by atoms with E-state index in [1.807, 2.05) is 20.8 Å². The number of rotatable bonds is 4. The van der Waals surface area contributed by atoms with Crippen molar-refractivity contribution in [2.75, 3.05) is 12.4 Å². The Hall–Kier alpha value is -1.98. The quantitative estimate of drug-likeness (QED) is 0.896. The summed E-state index contributed by atoms with van der Waals surface area (Å²) in [5.74, 6) is -0.168. The molecule has 0 saturated heterocycles. The van der Waals surface area contributed by atoms with E-state index >= 15 is 0 Å². The number of ether oxygens (including phenoxy) is 2. The van der Waals surface area contributed by atoms with Gasteiger partial charge in [0.15, 0.2) is 11.6 Å². The molecule has 2 rings (SSSR count). The second kappa shape index (κ2) is 6.42. The second-order valence-corrected chi connectivity index (χ2v) is 6.51. The number of hydrogen-bond acceptors (Lipinski definition) is 4. The van der Waals surface area contributed by atoms with Crippen LogP contribution < -0.4 is 15.4 Å². The lowest BCUT2D eigenvalue weighted by Gasteiger charge is -2.37. The molecule has 2 N–H and O–H groups in total. The fourth-order valence-corrected chi connectivity index (χ4v) is 2.32. The molecule has 5 nitrogen and oxygen atoms in total. The number of methoxy groups -OCH3 is 1. The van der Waals surface area contributed by atoms with Gasteiger partial charge in [0.05, 0.1) is 7.11 Å². The molecule has 122 valence electrons. The van der Waals surface area contributed by atoms with Gasteiger partial charge in [-0.15, -0.1) is 0 Å². The fourth-order valence-electron chi connectivity index (χ4n) is 2.32. The summed E-state index contributed by atoms with van der Waals surface area (Å²) in [6.07, 6.45) is 1.17. The van der Waals surface area contributed by atoms with Crippen LogP contribution in [0.3, 0.4) is 0 Å². The van der Waals surface area contributed by atoms with Crippen molar-refractivity contribution in [3.8, 4) is 5.75 Å². The molecule has 0 unspecified atom stereocenters. The molecule has 1 aliphatic carbocycles. The SMILES string of the molecule is COc1ccc(NC2CC(NC(=O)OC(C)(C)C)C2)cc1F. The zero-order valence-electron chi connectivity index (χ0n) is 13.4. The molecule has 1 saturated carbocycles. The van der Waals surface area contributed by atoms with Crippen molar-refractivity contribution < 1.29 is 18.7 Å². The predicted octanol–water partition coefficient (Wildman–Crippen LogP) is 3.30. The van der Waals surface area contributed by atoms with E-state index in [9.17, 15) is 9.18 Å². The Morgan fingerprint density at radius 3 is 2.50 bits per heavy atom. The summed E-state index contributed by atoms with van der Waals surface area (Å²) in [7, 11) is 1.43. The molecule has 1 amide bonds. The molecule has 1 aromatic carbocycles. The van der Waals surface area contributed by atoms with Gasteiger partial charge >= 0.3 is 6.09 Å². The van der Waals surface area contributed by atoms with Crippen LogP contribution in [0.25, 0.3) is 0 Å². The van der Waals surface area contributed by atoms with Crippen LogP contribution in [0, 0.1) is 5.82 Å². The number of benzene rings is 1. The number of hydrogen-bond donors (Lipinski definition) is 2. The second-order valence-electron chi connectivity index (χ2n) is 6.51. The van der Waals surface area contributed by atoms with Crippen LogP contribution in [0.4, 0.5) is 14.9 Å². The Kier molecular flexibility index (Phi) is 4.78. The average Bonchev–Trinajstić information content (AvgIpc) is 2.34. The highest BCUT2D eigenvalue weighted by Gasteiger charge is 2.31. The number of amides is 1. The van der Waals surface area contributed by atoms with E-state index in [-0.39, 0.29) is 17.8 Å². The molecular weight excluding hydrogens is 287 g/mol. The van der Waals surface area contributed by atoms with Crippen molar-refractivity contribution >= 4 is 11.8 Å². The summed E-state index contributed by atoms with van der Waals surface area (Å²) < 4.78 is 23.7. The molecule has 0 radical (unpaired) electrons. The molecule has 0 bridgehead atoms.